The van der Waals surface area contributed by atoms with Crippen molar-refractivity contribution in [1.29, 1.82) is 0 Å². The molecule has 2 heterocycles. The maximum atomic E-state index is 11.8. The van der Waals surface area contributed by atoms with Gasteiger partial charge in [-0.2, -0.15) is 0 Å². The molecule has 5 heteroatoms. The molecule has 1 amide bonds. The monoisotopic (exact) mass is 267 g/mol. The van der Waals surface area contributed by atoms with Crippen LogP contribution in [0.1, 0.15) is 51.1 Å². The maximum absolute atomic E-state index is 11.8. The van der Waals surface area contributed by atoms with Gasteiger partial charge in [-0.25, -0.2) is 4.98 Å². The molecule has 2 rings (SSSR count). The predicted molar refractivity (Wildman–Crippen MR) is 75.1 cm³/mol. The zero-order valence-corrected chi connectivity index (χ0v) is 11.8. The molecule has 1 aromatic rings. The molecule has 1 aromatic heterocycles. The highest BCUT2D eigenvalue weighted by Gasteiger charge is 2.16. The van der Waals surface area contributed by atoms with Crippen molar-refractivity contribution in [3.8, 4) is 0 Å². The summed E-state index contributed by atoms with van der Waals surface area (Å²) in [6.07, 6.45) is 3.93. The average molecular weight is 267 g/mol. The standard InChI is InChI=1S/C13H21N3OS/c1-9(2)11-8-18-13(15-11)16-12(17)6-5-10-4-3-7-14-10/h8-10,14H,3-7H2,1-2H3,(H,15,16,17). The molecule has 1 aliphatic heterocycles. The van der Waals surface area contributed by atoms with Gasteiger partial charge < -0.3 is 10.6 Å². The SMILES string of the molecule is CC(C)c1csc(NC(=O)CCC2CCCN2)n1. The fraction of sp³-hybridized carbons (Fsp3) is 0.692. The van der Waals surface area contributed by atoms with Crippen molar-refractivity contribution in [3.05, 3.63) is 11.1 Å². The van der Waals surface area contributed by atoms with Crippen LogP contribution < -0.4 is 10.6 Å². The van der Waals surface area contributed by atoms with Crippen LogP contribution in [0.15, 0.2) is 5.38 Å². The van der Waals surface area contributed by atoms with Gasteiger partial charge in [-0.3, -0.25) is 4.79 Å². The van der Waals surface area contributed by atoms with Gasteiger partial charge in [0.2, 0.25) is 5.91 Å². The highest BCUT2D eigenvalue weighted by atomic mass is 32.1. The second-order valence-electron chi connectivity index (χ2n) is 5.11. The molecule has 0 spiro atoms. The van der Waals surface area contributed by atoms with E-state index < -0.39 is 0 Å². The molecule has 4 nitrogen and oxygen atoms in total. The van der Waals surface area contributed by atoms with E-state index in [0.29, 0.717) is 18.4 Å². The minimum atomic E-state index is 0.0772. The number of nitrogens with one attached hydrogen (secondary N) is 2. The Kier molecular flexibility index (Phi) is 4.72. The van der Waals surface area contributed by atoms with E-state index in [2.05, 4.69) is 29.5 Å². The molecule has 0 aromatic carbocycles. The Balaban J connectivity index is 1.75. The van der Waals surface area contributed by atoms with E-state index in [1.807, 2.05) is 5.38 Å². The first-order valence-electron chi connectivity index (χ1n) is 6.64. The molecule has 1 aliphatic rings. The van der Waals surface area contributed by atoms with Crippen molar-refractivity contribution >= 4 is 22.4 Å². The molecule has 1 unspecified atom stereocenters. The maximum Gasteiger partial charge on any atom is 0.226 e. The van der Waals surface area contributed by atoms with Gasteiger partial charge in [0.05, 0.1) is 5.69 Å². The predicted octanol–water partition coefficient (Wildman–Crippen LogP) is 2.74. The topological polar surface area (TPSA) is 54.0 Å². The third kappa shape index (κ3) is 3.78. The average Bonchev–Trinajstić information content (AvgIpc) is 2.96. The van der Waals surface area contributed by atoms with Gasteiger partial charge in [-0.15, -0.1) is 11.3 Å². The first kappa shape index (κ1) is 13.5. The molecule has 100 valence electrons. The van der Waals surface area contributed by atoms with Crippen molar-refractivity contribution in [3.63, 3.8) is 0 Å². The van der Waals surface area contributed by atoms with Crippen LogP contribution in [0.25, 0.3) is 0 Å². The lowest BCUT2D eigenvalue weighted by Gasteiger charge is -2.08. The molecular weight excluding hydrogens is 246 g/mol. The fourth-order valence-corrected chi connectivity index (χ4v) is 2.99. The summed E-state index contributed by atoms with van der Waals surface area (Å²) < 4.78 is 0. The van der Waals surface area contributed by atoms with Gasteiger partial charge in [0, 0.05) is 17.8 Å². The summed E-state index contributed by atoms with van der Waals surface area (Å²) in [5, 5.41) is 9.02. The summed E-state index contributed by atoms with van der Waals surface area (Å²) in [5.74, 6) is 0.489. The van der Waals surface area contributed by atoms with Crippen LogP contribution in [-0.4, -0.2) is 23.5 Å². The molecule has 0 bridgehead atoms. The van der Waals surface area contributed by atoms with Crippen LogP contribution in [0.2, 0.25) is 0 Å². The second-order valence-corrected chi connectivity index (χ2v) is 5.97. The van der Waals surface area contributed by atoms with Crippen LogP contribution in [0.5, 0.6) is 0 Å². The number of hydrogen-bond donors (Lipinski definition) is 2. The van der Waals surface area contributed by atoms with Crippen LogP contribution in [-0.2, 0) is 4.79 Å². The van der Waals surface area contributed by atoms with Crippen LogP contribution in [0.4, 0.5) is 5.13 Å². The quantitative estimate of drug-likeness (QED) is 0.862. The van der Waals surface area contributed by atoms with Crippen molar-refractivity contribution in [1.82, 2.24) is 10.3 Å². The molecule has 1 saturated heterocycles. The van der Waals surface area contributed by atoms with Gasteiger partial charge in [-0.05, 0) is 31.7 Å². The molecule has 0 radical (unpaired) electrons. The van der Waals surface area contributed by atoms with Crippen LogP contribution >= 0.6 is 11.3 Å². The lowest BCUT2D eigenvalue weighted by molar-refractivity contribution is -0.116. The summed E-state index contributed by atoms with van der Waals surface area (Å²) in [5.41, 5.74) is 1.05. The number of amides is 1. The molecule has 1 atom stereocenters. The Labute approximate surface area is 112 Å². The third-order valence-electron chi connectivity index (χ3n) is 3.24. The van der Waals surface area contributed by atoms with Crippen molar-refractivity contribution < 1.29 is 4.79 Å². The van der Waals surface area contributed by atoms with Crippen molar-refractivity contribution in [2.75, 3.05) is 11.9 Å². The summed E-state index contributed by atoms with van der Waals surface area (Å²) >= 11 is 1.51. The number of aromatic nitrogens is 1. The minimum absolute atomic E-state index is 0.0772. The number of carbonyl (C=O) groups excluding carboxylic acids is 1. The van der Waals surface area contributed by atoms with Gasteiger partial charge in [-0.1, -0.05) is 13.8 Å². The molecule has 2 N–H and O–H groups in total. The number of thiazole rings is 1. The lowest BCUT2D eigenvalue weighted by Crippen LogP contribution is -2.23. The molecule has 18 heavy (non-hydrogen) atoms. The van der Waals surface area contributed by atoms with E-state index in [1.165, 1.54) is 24.2 Å². The summed E-state index contributed by atoms with van der Waals surface area (Å²) in [4.78, 5) is 16.2. The number of hydrogen-bond acceptors (Lipinski definition) is 4. The normalized spacial score (nSPS) is 19.4. The zero-order valence-electron chi connectivity index (χ0n) is 11.0. The first-order chi connectivity index (χ1) is 8.65. The van der Waals surface area contributed by atoms with E-state index in [9.17, 15) is 4.79 Å². The van der Waals surface area contributed by atoms with Gasteiger partial charge >= 0.3 is 0 Å². The smallest absolute Gasteiger partial charge is 0.226 e. The highest BCUT2D eigenvalue weighted by molar-refractivity contribution is 7.13. The van der Waals surface area contributed by atoms with Crippen molar-refractivity contribution in [2.45, 2.75) is 51.5 Å². The Bertz CT molecular complexity index is 397. The van der Waals surface area contributed by atoms with Crippen LogP contribution in [0.3, 0.4) is 0 Å². The second kappa shape index (κ2) is 6.29. The Morgan fingerprint density at radius 2 is 2.50 bits per heavy atom. The first-order valence-corrected chi connectivity index (χ1v) is 7.52. The number of carbonyl (C=O) groups is 1. The lowest BCUT2D eigenvalue weighted by atomic mass is 10.1. The number of rotatable bonds is 5. The van der Waals surface area contributed by atoms with E-state index in [4.69, 9.17) is 0 Å². The minimum Gasteiger partial charge on any atom is -0.314 e. The largest absolute Gasteiger partial charge is 0.314 e. The Hall–Kier alpha value is -0.940. The van der Waals surface area contributed by atoms with E-state index in [0.717, 1.165) is 23.8 Å². The number of nitrogens with zero attached hydrogens (tertiary/aromatic N) is 1. The summed E-state index contributed by atoms with van der Waals surface area (Å²) in [6.45, 7) is 5.30. The molecule has 1 fully saturated rings. The van der Waals surface area contributed by atoms with Gasteiger partial charge in [0.15, 0.2) is 5.13 Å². The highest BCUT2D eigenvalue weighted by Crippen LogP contribution is 2.21. The zero-order chi connectivity index (χ0) is 13.0. The fourth-order valence-electron chi connectivity index (χ4n) is 2.10. The Morgan fingerprint density at radius 1 is 1.67 bits per heavy atom. The van der Waals surface area contributed by atoms with Gasteiger partial charge in [0.1, 0.15) is 0 Å². The van der Waals surface area contributed by atoms with Gasteiger partial charge in [0.25, 0.3) is 0 Å². The Morgan fingerprint density at radius 3 is 3.11 bits per heavy atom. The van der Waals surface area contributed by atoms with E-state index >= 15 is 0 Å². The summed E-state index contributed by atoms with van der Waals surface area (Å²) in [7, 11) is 0. The molecule has 0 saturated carbocycles. The van der Waals surface area contributed by atoms with Crippen LogP contribution in [0, 0.1) is 0 Å². The van der Waals surface area contributed by atoms with E-state index in [-0.39, 0.29) is 5.91 Å². The van der Waals surface area contributed by atoms with Crippen molar-refractivity contribution in [2.24, 2.45) is 0 Å². The third-order valence-corrected chi connectivity index (χ3v) is 4.02. The molecular formula is C13H21N3OS. The molecule has 0 aliphatic carbocycles. The number of anilines is 1. The van der Waals surface area contributed by atoms with E-state index in [1.54, 1.807) is 0 Å². The summed E-state index contributed by atoms with van der Waals surface area (Å²) in [6, 6.07) is 0.526.